The van der Waals surface area contributed by atoms with Crippen molar-refractivity contribution in [2.75, 3.05) is 7.11 Å². The van der Waals surface area contributed by atoms with Crippen LogP contribution in [0.4, 0.5) is 0 Å². The Morgan fingerprint density at radius 2 is 1.33 bits per heavy atom. The maximum atomic E-state index is 12.2. The van der Waals surface area contributed by atoms with Crippen LogP contribution in [0.3, 0.4) is 0 Å². The fourth-order valence-corrected chi connectivity index (χ4v) is 2.93. The molecule has 0 saturated heterocycles. The molecule has 0 N–H and O–H groups in total. The molecule has 3 rings (SSSR count). The summed E-state index contributed by atoms with van der Waals surface area (Å²) in [6.07, 6.45) is 1.52. The summed E-state index contributed by atoms with van der Waals surface area (Å²) in [5.41, 5.74) is 5.26. The van der Waals surface area contributed by atoms with Crippen LogP contribution in [-0.4, -0.2) is 13.1 Å². The van der Waals surface area contributed by atoms with Crippen molar-refractivity contribution in [3.05, 3.63) is 107 Å². The standard InChI is InChI=1S/C22H20O2/c1-24-22(23)20-14-8-13-19(15-17-9-4-2-5-10-17)21(20)16-18-11-6-3-7-12-18/h2-14H,15-16H2,1H3. The molecule has 0 radical (unpaired) electrons. The Morgan fingerprint density at radius 3 is 1.92 bits per heavy atom. The van der Waals surface area contributed by atoms with Gasteiger partial charge in [0.25, 0.3) is 0 Å². The third-order valence-corrected chi connectivity index (χ3v) is 4.14. The van der Waals surface area contributed by atoms with E-state index in [1.165, 1.54) is 18.2 Å². The van der Waals surface area contributed by atoms with Crippen molar-refractivity contribution in [2.45, 2.75) is 12.8 Å². The Kier molecular flexibility index (Phi) is 5.07. The first-order valence-corrected chi connectivity index (χ1v) is 8.05. The van der Waals surface area contributed by atoms with Gasteiger partial charge in [-0.1, -0.05) is 72.8 Å². The molecule has 0 amide bonds. The number of methoxy groups -OCH3 is 1. The first-order valence-electron chi connectivity index (χ1n) is 8.05. The van der Waals surface area contributed by atoms with E-state index in [-0.39, 0.29) is 5.97 Å². The molecule has 0 fully saturated rings. The average molecular weight is 316 g/mol. The third-order valence-electron chi connectivity index (χ3n) is 4.14. The van der Waals surface area contributed by atoms with Gasteiger partial charge in [0.05, 0.1) is 12.7 Å². The molecule has 0 unspecified atom stereocenters. The number of hydrogen-bond donors (Lipinski definition) is 0. The van der Waals surface area contributed by atoms with Gasteiger partial charge in [0, 0.05) is 0 Å². The molecule has 3 aromatic carbocycles. The zero-order valence-electron chi connectivity index (χ0n) is 13.7. The number of carbonyl (C=O) groups excluding carboxylic acids is 1. The van der Waals surface area contributed by atoms with Crippen LogP contribution in [0, 0.1) is 0 Å². The van der Waals surface area contributed by atoms with Gasteiger partial charge in [-0.3, -0.25) is 0 Å². The Balaban J connectivity index is 2.02. The SMILES string of the molecule is COC(=O)c1cccc(Cc2ccccc2)c1Cc1ccccc1. The minimum Gasteiger partial charge on any atom is -0.465 e. The second-order valence-corrected chi connectivity index (χ2v) is 5.76. The number of carbonyl (C=O) groups is 1. The lowest BCUT2D eigenvalue weighted by Gasteiger charge is -2.14. The van der Waals surface area contributed by atoms with Crippen molar-refractivity contribution in [1.29, 1.82) is 0 Å². The lowest BCUT2D eigenvalue weighted by molar-refractivity contribution is 0.0599. The highest BCUT2D eigenvalue weighted by Gasteiger charge is 2.16. The number of ether oxygens (including phenoxy) is 1. The Morgan fingerprint density at radius 1 is 0.750 bits per heavy atom. The highest BCUT2D eigenvalue weighted by molar-refractivity contribution is 5.91. The molecule has 0 heterocycles. The van der Waals surface area contributed by atoms with E-state index < -0.39 is 0 Å². The normalized spacial score (nSPS) is 10.4. The molecule has 2 heteroatoms. The van der Waals surface area contributed by atoms with E-state index in [1.807, 2.05) is 48.5 Å². The van der Waals surface area contributed by atoms with E-state index in [2.05, 4.69) is 30.3 Å². The summed E-state index contributed by atoms with van der Waals surface area (Å²) in [6, 6.07) is 26.4. The molecular weight excluding hydrogens is 296 g/mol. The minimum atomic E-state index is -0.282. The fourth-order valence-electron chi connectivity index (χ4n) is 2.93. The van der Waals surface area contributed by atoms with E-state index in [9.17, 15) is 4.79 Å². The van der Waals surface area contributed by atoms with Crippen molar-refractivity contribution in [3.63, 3.8) is 0 Å². The second-order valence-electron chi connectivity index (χ2n) is 5.76. The zero-order chi connectivity index (χ0) is 16.8. The maximum absolute atomic E-state index is 12.2. The van der Waals surface area contributed by atoms with Gasteiger partial charge in [-0.25, -0.2) is 4.79 Å². The zero-order valence-corrected chi connectivity index (χ0v) is 13.7. The van der Waals surface area contributed by atoms with Gasteiger partial charge in [-0.15, -0.1) is 0 Å². The van der Waals surface area contributed by atoms with Crippen LogP contribution < -0.4 is 0 Å². The molecule has 0 spiro atoms. The highest BCUT2D eigenvalue weighted by Crippen LogP contribution is 2.23. The van der Waals surface area contributed by atoms with Crippen molar-refractivity contribution < 1.29 is 9.53 Å². The molecule has 0 saturated carbocycles. The summed E-state index contributed by atoms with van der Waals surface area (Å²) in [7, 11) is 1.43. The summed E-state index contributed by atoms with van der Waals surface area (Å²) in [5.74, 6) is -0.282. The molecule has 0 bridgehead atoms. The number of hydrogen-bond acceptors (Lipinski definition) is 2. The van der Waals surface area contributed by atoms with Gasteiger partial charge in [0.1, 0.15) is 0 Å². The molecule has 0 aliphatic carbocycles. The first-order chi connectivity index (χ1) is 11.8. The lowest BCUT2D eigenvalue weighted by atomic mass is 9.91. The van der Waals surface area contributed by atoms with Gasteiger partial charge >= 0.3 is 5.97 Å². The van der Waals surface area contributed by atoms with Gasteiger partial charge in [-0.2, -0.15) is 0 Å². The lowest BCUT2D eigenvalue weighted by Crippen LogP contribution is -2.09. The van der Waals surface area contributed by atoms with Crippen LogP contribution in [0.15, 0.2) is 78.9 Å². The Bertz CT molecular complexity index is 808. The van der Waals surface area contributed by atoms with Crippen LogP contribution in [0.25, 0.3) is 0 Å². The molecule has 3 aromatic rings. The summed E-state index contributed by atoms with van der Waals surface area (Å²) in [4.78, 5) is 12.2. The summed E-state index contributed by atoms with van der Waals surface area (Å²) in [5, 5.41) is 0. The van der Waals surface area contributed by atoms with Gasteiger partial charge < -0.3 is 4.74 Å². The fraction of sp³-hybridized carbons (Fsp3) is 0.136. The topological polar surface area (TPSA) is 26.3 Å². The van der Waals surface area contributed by atoms with Crippen LogP contribution >= 0.6 is 0 Å². The van der Waals surface area contributed by atoms with Crippen molar-refractivity contribution in [1.82, 2.24) is 0 Å². The maximum Gasteiger partial charge on any atom is 0.338 e. The van der Waals surface area contributed by atoms with Crippen LogP contribution in [0.5, 0.6) is 0 Å². The van der Waals surface area contributed by atoms with Crippen molar-refractivity contribution in [3.8, 4) is 0 Å². The molecule has 2 nitrogen and oxygen atoms in total. The number of benzene rings is 3. The van der Waals surface area contributed by atoms with Crippen molar-refractivity contribution >= 4 is 5.97 Å². The van der Waals surface area contributed by atoms with E-state index in [0.29, 0.717) is 12.0 Å². The Labute approximate surface area is 142 Å². The largest absolute Gasteiger partial charge is 0.465 e. The predicted octanol–water partition coefficient (Wildman–Crippen LogP) is 4.65. The molecule has 0 atom stereocenters. The second kappa shape index (κ2) is 7.60. The first kappa shape index (κ1) is 16.0. The van der Waals surface area contributed by atoms with E-state index >= 15 is 0 Å². The van der Waals surface area contributed by atoms with Crippen molar-refractivity contribution in [2.24, 2.45) is 0 Å². The quantitative estimate of drug-likeness (QED) is 0.640. The number of rotatable bonds is 5. The van der Waals surface area contributed by atoms with Gasteiger partial charge in [0.15, 0.2) is 0 Å². The minimum absolute atomic E-state index is 0.282. The monoisotopic (exact) mass is 316 g/mol. The third kappa shape index (κ3) is 3.72. The van der Waals surface area contributed by atoms with E-state index in [4.69, 9.17) is 4.74 Å². The van der Waals surface area contributed by atoms with Crippen LogP contribution in [-0.2, 0) is 17.6 Å². The molecule has 0 aromatic heterocycles. The molecule has 0 aliphatic heterocycles. The summed E-state index contributed by atoms with van der Waals surface area (Å²) in [6.45, 7) is 0. The number of esters is 1. The predicted molar refractivity (Wildman–Crippen MR) is 96.3 cm³/mol. The Hall–Kier alpha value is -2.87. The molecule has 0 aliphatic rings. The van der Waals surface area contributed by atoms with E-state index in [0.717, 1.165) is 17.5 Å². The molecule has 120 valence electrons. The summed E-state index contributed by atoms with van der Waals surface area (Å²) < 4.78 is 4.98. The van der Waals surface area contributed by atoms with Gasteiger partial charge in [-0.05, 0) is 41.2 Å². The van der Waals surface area contributed by atoms with E-state index in [1.54, 1.807) is 0 Å². The highest BCUT2D eigenvalue weighted by atomic mass is 16.5. The summed E-state index contributed by atoms with van der Waals surface area (Å²) >= 11 is 0. The van der Waals surface area contributed by atoms with Gasteiger partial charge in [0.2, 0.25) is 0 Å². The van der Waals surface area contributed by atoms with Crippen LogP contribution in [0.2, 0.25) is 0 Å². The average Bonchev–Trinajstić information content (AvgIpc) is 2.64. The molecular formula is C22H20O2. The van der Waals surface area contributed by atoms with Crippen LogP contribution in [0.1, 0.15) is 32.6 Å². The smallest absolute Gasteiger partial charge is 0.338 e. The molecule has 24 heavy (non-hydrogen) atoms.